The van der Waals surface area contributed by atoms with E-state index in [0.29, 0.717) is 23.6 Å². The van der Waals surface area contributed by atoms with E-state index in [4.69, 9.17) is 0 Å². The molecule has 0 radical (unpaired) electrons. The van der Waals surface area contributed by atoms with E-state index in [-0.39, 0.29) is 17.6 Å². The van der Waals surface area contributed by atoms with Gasteiger partial charge in [0.2, 0.25) is 5.91 Å². The number of rotatable bonds is 5. The van der Waals surface area contributed by atoms with E-state index in [0.717, 1.165) is 5.57 Å². The first-order valence-corrected chi connectivity index (χ1v) is 8.87. The third kappa shape index (κ3) is 3.30. The van der Waals surface area contributed by atoms with Gasteiger partial charge in [-0.15, -0.1) is 6.58 Å². The van der Waals surface area contributed by atoms with Crippen LogP contribution in [-0.4, -0.2) is 38.1 Å². The minimum absolute atomic E-state index is 0.0447. The maximum Gasteiger partial charge on any atom is 0.250 e. The highest BCUT2D eigenvalue weighted by Gasteiger charge is 2.37. The van der Waals surface area contributed by atoms with Crippen molar-refractivity contribution in [2.24, 2.45) is 5.92 Å². The average molecular weight is 319 g/mol. The Labute approximate surface area is 132 Å². The number of carbonyl (C=O) groups excluding carboxylic acids is 1. The minimum atomic E-state index is -3.41. The summed E-state index contributed by atoms with van der Waals surface area (Å²) in [5, 5.41) is 0. The number of hydrogen-bond donors (Lipinski definition) is 0. The molecule has 4 nitrogen and oxygen atoms in total. The fraction of sp³-hybridized carbons (Fsp3) is 0.353. The van der Waals surface area contributed by atoms with Crippen LogP contribution in [0, 0.1) is 5.92 Å². The normalized spacial score (nSPS) is 18.6. The van der Waals surface area contributed by atoms with Crippen molar-refractivity contribution in [2.45, 2.75) is 18.7 Å². The van der Waals surface area contributed by atoms with Gasteiger partial charge < -0.3 is 4.90 Å². The van der Waals surface area contributed by atoms with Crippen LogP contribution in [0.25, 0.3) is 0 Å². The van der Waals surface area contributed by atoms with Gasteiger partial charge in [0.15, 0.2) is 9.84 Å². The van der Waals surface area contributed by atoms with Crippen LogP contribution in [0.15, 0.2) is 59.0 Å². The van der Waals surface area contributed by atoms with Crippen molar-refractivity contribution in [2.75, 3.05) is 18.8 Å². The van der Waals surface area contributed by atoms with Gasteiger partial charge in [0, 0.05) is 24.6 Å². The molecule has 1 fully saturated rings. The summed E-state index contributed by atoms with van der Waals surface area (Å²) < 4.78 is 25.1. The highest BCUT2D eigenvalue weighted by molar-refractivity contribution is 7.91. The van der Waals surface area contributed by atoms with Crippen molar-refractivity contribution in [1.82, 2.24) is 4.90 Å². The topological polar surface area (TPSA) is 54.5 Å². The van der Waals surface area contributed by atoms with Gasteiger partial charge in [0.05, 0.1) is 10.6 Å². The summed E-state index contributed by atoms with van der Waals surface area (Å²) in [6, 6.07) is 8.38. The van der Waals surface area contributed by atoms with E-state index in [1.54, 1.807) is 41.3 Å². The predicted molar refractivity (Wildman–Crippen MR) is 87.1 cm³/mol. The molecule has 1 aromatic rings. The summed E-state index contributed by atoms with van der Waals surface area (Å²) in [5.41, 5.74) is 1.51. The molecular weight excluding hydrogens is 298 g/mol. The molecule has 1 aliphatic heterocycles. The zero-order chi connectivity index (χ0) is 16.3. The Morgan fingerprint density at radius 2 is 1.95 bits per heavy atom. The Kier molecular flexibility index (Phi) is 4.86. The number of hydrogen-bond acceptors (Lipinski definition) is 3. The zero-order valence-electron chi connectivity index (χ0n) is 13.0. The first kappa shape index (κ1) is 16.5. The highest BCUT2D eigenvalue weighted by atomic mass is 32.2. The van der Waals surface area contributed by atoms with Crippen molar-refractivity contribution in [1.29, 1.82) is 0 Å². The van der Waals surface area contributed by atoms with Crippen LogP contribution < -0.4 is 0 Å². The number of benzene rings is 1. The first-order chi connectivity index (χ1) is 10.4. The lowest BCUT2D eigenvalue weighted by atomic mass is 10.0. The van der Waals surface area contributed by atoms with Crippen LogP contribution in [0.2, 0.25) is 0 Å². The molecule has 1 heterocycles. The summed E-state index contributed by atoms with van der Waals surface area (Å²) in [5.74, 6) is -0.410. The molecule has 0 aliphatic carbocycles. The number of nitrogens with zero attached hydrogens (tertiary/aromatic N) is 1. The Morgan fingerprint density at radius 1 is 1.32 bits per heavy atom. The van der Waals surface area contributed by atoms with Crippen LogP contribution >= 0.6 is 0 Å². The molecule has 1 saturated heterocycles. The maximum absolute atomic E-state index is 12.6. The first-order valence-electron chi connectivity index (χ1n) is 7.22. The highest BCUT2D eigenvalue weighted by Crippen LogP contribution is 2.29. The molecule has 22 heavy (non-hydrogen) atoms. The van der Waals surface area contributed by atoms with Crippen molar-refractivity contribution in [3.05, 3.63) is 54.1 Å². The molecule has 5 heteroatoms. The molecule has 0 spiro atoms. The van der Waals surface area contributed by atoms with Gasteiger partial charge >= 0.3 is 0 Å². The number of amides is 1. The van der Waals surface area contributed by atoms with E-state index in [2.05, 4.69) is 6.58 Å². The Bertz CT molecular complexity index is 701. The summed E-state index contributed by atoms with van der Waals surface area (Å²) >= 11 is 0. The third-order valence-corrected chi connectivity index (χ3v) is 5.61. The second kappa shape index (κ2) is 6.48. The van der Waals surface area contributed by atoms with Gasteiger partial charge in [-0.1, -0.05) is 29.8 Å². The molecule has 1 aliphatic rings. The third-order valence-electron chi connectivity index (χ3n) is 3.78. The monoisotopic (exact) mass is 319 g/mol. The van der Waals surface area contributed by atoms with Gasteiger partial charge in [0.25, 0.3) is 0 Å². The summed E-state index contributed by atoms with van der Waals surface area (Å²) in [7, 11) is -3.41. The second-order valence-corrected chi connectivity index (χ2v) is 7.74. The Balaban J connectivity index is 2.30. The molecule has 0 saturated carbocycles. The van der Waals surface area contributed by atoms with E-state index >= 15 is 0 Å². The van der Waals surface area contributed by atoms with Gasteiger partial charge in [-0.05, 0) is 26.0 Å². The van der Waals surface area contributed by atoms with Crippen LogP contribution in [-0.2, 0) is 14.6 Å². The van der Waals surface area contributed by atoms with Gasteiger partial charge in [-0.25, -0.2) is 8.42 Å². The molecule has 1 amide bonds. The van der Waals surface area contributed by atoms with Gasteiger partial charge in [-0.3, -0.25) is 4.79 Å². The summed E-state index contributed by atoms with van der Waals surface area (Å²) in [6.07, 6.45) is 1.66. The largest absolute Gasteiger partial charge is 0.335 e. The van der Waals surface area contributed by atoms with Gasteiger partial charge in [0.1, 0.15) is 0 Å². The molecule has 1 unspecified atom stereocenters. The van der Waals surface area contributed by atoms with Crippen molar-refractivity contribution >= 4 is 15.7 Å². The number of allylic oxidation sites excluding steroid dienone is 1. The number of likely N-dealkylation sites (tertiary alicyclic amines) is 1. The molecule has 0 aromatic heterocycles. The van der Waals surface area contributed by atoms with Crippen molar-refractivity contribution < 1.29 is 13.2 Å². The fourth-order valence-electron chi connectivity index (χ4n) is 2.85. The van der Waals surface area contributed by atoms with Crippen LogP contribution in [0.3, 0.4) is 0 Å². The van der Waals surface area contributed by atoms with E-state index in [9.17, 15) is 13.2 Å². The SMILES string of the molecule is C=CCN1CC(CS(=O)(=O)c2ccccc2)C(=C(C)C)C1=O. The molecule has 1 aromatic carbocycles. The summed E-state index contributed by atoms with van der Waals surface area (Å²) in [6.45, 7) is 8.23. The quantitative estimate of drug-likeness (QED) is 0.619. The second-order valence-electron chi connectivity index (χ2n) is 5.70. The van der Waals surface area contributed by atoms with Crippen LogP contribution in [0.5, 0.6) is 0 Å². The molecule has 0 N–H and O–H groups in total. The van der Waals surface area contributed by atoms with Crippen LogP contribution in [0.4, 0.5) is 0 Å². The fourth-order valence-corrected chi connectivity index (χ4v) is 4.41. The Morgan fingerprint density at radius 3 is 2.50 bits per heavy atom. The van der Waals surface area contributed by atoms with Gasteiger partial charge in [-0.2, -0.15) is 0 Å². The van der Waals surface area contributed by atoms with Crippen LogP contribution in [0.1, 0.15) is 13.8 Å². The molecule has 118 valence electrons. The van der Waals surface area contributed by atoms with E-state index < -0.39 is 9.84 Å². The minimum Gasteiger partial charge on any atom is -0.335 e. The molecule has 1 atom stereocenters. The average Bonchev–Trinajstić information content (AvgIpc) is 2.76. The number of sulfone groups is 1. The lowest BCUT2D eigenvalue weighted by Gasteiger charge is -2.13. The smallest absolute Gasteiger partial charge is 0.250 e. The lowest BCUT2D eigenvalue weighted by Crippen LogP contribution is -2.26. The number of carbonyl (C=O) groups is 1. The van der Waals surface area contributed by atoms with E-state index in [1.807, 2.05) is 13.8 Å². The molecular formula is C17H21NO3S. The zero-order valence-corrected chi connectivity index (χ0v) is 13.8. The van der Waals surface area contributed by atoms with E-state index in [1.165, 1.54) is 0 Å². The maximum atomic E-state index is 12.6. The van der Waals surface area contributed by atoms with Crippen molar-refractivity contribution in [3.63, 3.8) is 0 Å². The molecule has 2 rings (SSSR count). The van der Waals surface area contributed by atoms with Crippen molar-refractivity contribution in [3.8, 4) is 0 Å². The Hall–Kier alpha value is -1.88. The summed E-state index contributed by atoms with van der Waals surface area (Å²) in [4.78, 5) is 14.4. The molecule has 0 bridgehead atoms. The lowest BCUT2D eigenvalue weighted by molar-refractivity contribution is -0.124. The predicted octanol–water partition coefficient (Wildman–Crippen LogP) is 2.44. The standard InChI is InChI=1S/C17H21NO3S/c1-4-10-18-11-14(16(13(2)3)17(18)19)12-22(20,21)15-8-6-5-7-9-15/h4-9,14H,1,10-12H2,2-3H3.